The number of nitrogens with zero attached hydrogens (tertiary/aromatic N) is 5. The number of benzene rings is 1. The van der Waals surface area contributed by atoms with E-state index in [-0.39, 0.29) is 17.3 Å². The van der Waals surface area contributed by atoms with E-state index in [1.54, 1.807) is 7.05 Å². The molecule has 1 aliphatic rings. The van der Waals surface area contributed by atoms with Gasteiger partial charge in [-0.1, -0.05) is 56.5 Å². The third-order valence-corrected chi connectivity index (χ3v) is 5.35. The number of anilines is 1. The lowest BCUT2D eigenvalue weighted by Crippen LogP contribution is -2.38. The smallest absolute Gasteiger partial charge is 0.294 e. The molecule has 0 spiro atoms. The second-order valence-electron chi connectivity index (χ2n) is 7.17. The molecular formula is C20H24N6O2. The molecule has 0 bridgehead atoms. The first-order valence-corrected chi connectivity index (χ1v) is 9.61. The van der Waals surface area contributed by atoms with Crippen LogP contribution in [0.5, 0.6) is 0 Å². The summed E-state index contributed by atoms with van der Waals surface area (Å²) < 4.78 is 4.46. The fourth-order valence-electron chi connectivity index (χ4n) is 3.82. The molecule has 28 heavy (non-hydrogen) atoms. The molecule has 146 valence electrons. The number of aryl methyl sites for hydroxylation is 1. The predicted octanol–water partition coefficient (Wildman–Crippen LogP) is 2.38. The Kier molecular flexibility index (Phi) is 4.62. The van der Waals surface area contributed by atoms with Gasteiger partial charge >= 0.3 is 5.69 Å². The Bertz CT molecular complexity index is 1170. The summed E-state index contributed by atoms with van der Waals surface area (Å²) in [5.74, 6) is 0.495. The summed E-state index contributed by atoms with van der Waals surface area (Å²) in [7, 11) is 3.13. The fourth-order valence-corrected chi connectivity index (χ4v) is 3.82. The highest BCUT2D eigenvalue weighted by atomic mass is 16.2. The van der Waals surface area contributed by atoms with E-state index in [4.69, 9.17) is 0 Å². The summed E-state index contributed by atoms with van der Waals surface area (Å²) in [6.07, 6.45) is 4.06. The Hall–Kier alpha value is -3.16. The molecule has 0 saturated heterocycles. The number of aromatic nitrogens is 4. The van der Waals surface area contributed by atoms with Gasteiger partial charge in [0, 0.05) is 14.1 Å². The minimum atomic E-state index is -0.389. The van der Waals surface area contributed by atoms with Crippen LogP contribution in [-0.2, 0) is 14.1 Å². The van der Waals surface area contributed by atoms with Crippen molar-refractivity contribution >= 4 is 22.8 Å². The zero-order valence-corrected chi connectivity index (χ0v) is 16.3. The number of hydrogen-bond acceptors (Lipinski definition) is 5. The Balaban J connectivity index is 1.95. The maximum atomic E-state index is 13.0. The molecule has 3 heterocycles. The normalized spacial score (nSPS) is 16.0. The number of hydrogen-bond donors (Lipinski definition) is 1. The number of rotatable bonds is 5. The van der Waals surface area contributed by atoms with Gasteiger partial charge in [-0.15, -0.1) is 0 Å². The van der Waals surface area contributed by atoms with Crippen LogP contribution in [0.3, 0.4) is 0 Å². The SMILES string of the molecule is CCCCC[C@H]1C(c2ccccc2)=NNc2nc3c(c(=O)n(C)c(=O)n3C)n21. The third kappa shape index (κ3) is 2.76. The van der Waals surface area contributed by atoms with E-state index in [1.165, 1.54) is 11.6 Å². The lowest BCUT2D eigenvalue weighted by Gasteiger charge is -2.27. The van der Waals surface area contributed by atoms with Crippen molar-refractivity contribution in [3.05, 3.63) is 56.7 Å². The van der Waals surface area contributed by atoms with E-state index in [0.29, 0.717) is 17.1 Å². The van der Waals surface area contributed by atoms with Gasteiger partial charge in [0.2, 0.25) is 5.95 Å². The Morgan fingerprint density at radius 2 is 1.82 bits per heavy atom. The number of unbranched alkanes of at least 4 members (excludes halogenated alkanes) is 2. The van der Waals surface area contributed by atoms with Gasteiger partial charge < -0.3 is 0 Å². The van der Waals surface area contributed by atoms with Crippen molar-refractivity contribution in [3.8, 4) is 0 Å². The summed E-state index contributed by atoms with van der Waals surface area (Å²) in [6, 6.07) is 9.84. The van der Waals surface area contributed by atoms with Crippen molar-refractivity contribution in [1.29, 1.82) is 0 Å². The lowest BCUT2D eigenvalue weighted by molar-refractivity contribution is 0.545. The van der Waals surface area contributed by atoms with Gasteiger partial charge in [-0.05, 0) is 12.0 Å². The summed E-state index contributed by atoms with van der Waals surface area (Å²) in [4.78, 5) is 29.8. The number of imidazole rings is 1. The molecular weight excluding hydrogens is 356 g/mol. The first-order valence-electron chi connectivity index (χ1n) is 9.61. The highest BCUT2D eigenvalue weighted by Crippen LogP contribution is 2.32. The van der Waals surface area contributed by atoms with E-state index in [9.17, 15) is 9.59 Å². The molecule has 0 unspecified atom stereocenters. The standard InChI is InChI=1S/C20H24N6O2/c1-4-5-7-12-14-15(13-10-8-6-9-11-13)22-23-19-21-17-16(26(14)19)18(27)25(3)20(28)24(17)2/h6,8-11,14H,4-5,7,12H2,1-3H3,(H,21,23)/t14-/m0/s1. The van der Waals surface area contributed by atoms with E-state index in [0.717, 1.165) is 41.5 Å². The number of nitrogens with one attached hydrogen (secondary N) is 1. The number of hydrazone groups is 1. The van der Waals surface area contributed by atoms with E-state index >= 15 is 0 Å². The molecule has 0 fully saturated rings. The topological polar surface area (TPSA) is 86.2 Å². The molecule has 2 aromatic heterocycles. The van der Waals surface area contributed by atoms with Gasteiger partial charge in [0.1, 0.15) is 0 Å². The quantitative estimate of drug-likeness (QED) is 0.689. The maximum absolute atomic E-state index is 13.0. The zero-order valence-electron chi connectivity index (χ0n) is 16.3. The summed E-state index contributed by atoms with van der Waals surface area (Å²) >= 11 is 0. The minimum Gasteiger partial charge on any atom is -0.294 e. The van der Waals surface area contributed by atoms with Crippen molar-refractivity contribution in [2.45, 2.75) is 38.6 Å². The molecule has 8 heteroatoms. The van der Waals surface area contributed by atoms with Gasteiger partial charge in [-0.25, -0.2) is 10.2 Å². The van der Waals surface area contributed by atoms with Crippen LogP contribution < -0.4 is 16.7 Å². The maximum Gasteiger partial charge on any atom is 0.332 e. The molecule has 1 aliphatic heterocycles. The van der Waals surface area contributed by atoms with E-state index in [2.05, 4.69) is 22.4 Å². The lowest BCUT2D eigenvalue weighted by atomic mass is 9.97. The van der Waals surface area contributed by atoms with Crippen LogP contribution >= 0.6 is 0 Å². The molecule has 1 atom stereocenters. The van der Waals surface area contributed by atoms with E-state index in [1.807, 2.05) is 34.9 Å². The van der Waals surface area contributed by atoms with Crippen molar-refractivity contribution < 1.29 is 0 Å². The van der Waals surface area contributed by atoms with Crippen LogP contribution in [0, 0.1) is 0 Å². The van der Waals surface area contributed by atoms with Crippen molar-refractivity contribution in [1.82, 2.24) is 18.7 Å². The molecule has 3 aromatic rings. The van der Waals surface area contributed by atoms with Crippen molar-refractivity contribution in [3.63, 3.8) is 0 Å². The highest BCUT2D eigenvalue weighted by molar-refractivity contribution is 6.05. The average molecular weight is 380 g/mol. The van der Waals surface area contributed by atoms with Gasteiger partial charge in [-0.2, -0.15) is 10.1 Å². The molecule has 0 amide bonds. The summed E-state index contributed by atoms with van der Waals surface area (Å²) in [5.41, 5.74) is 4.95. The first kappa shape index (κ1) is 18.2. The fraction of sp³-hybridized carbons (Fsp3) is 0.400. The monoisotopic (exact) mass is 380 g/mol. The Morgan fingerprint density at radius 1 is 1.07 bits per heavy atom. The van der Waals surface area contributed by atoms with Crippen LogP contribution in [0.4, 0.5) is 5.95 Å². The third-order valence-electron chi connectivity index (χ3n) is 5.35. The van der Waals surface area contributed by atoms with Crippen LogP contribution in [0.25, 0.3) is 11.2 Å². The second-order valence-corrected chi connectivity index (χ2v) is 7.17. The van der Waals surface area contributed by atoms with Crippen LogP contribution in [-0.4, -0.2) is 24.4 Å². The molecule has 8 nitrogen and oxygen atoms in total. The molecule has 0 aliphatic carbocycles. The summed E-state index contributed by atoms with van der Waals surface area (Å²) in [6.45, 7) is 2.16. The average Bonchev–Trinajstić information content (AvgIpc) is 3.11. The molecule has 0 radical (unpaired) electrons. The molecule has 1 N–H and O–H groups in total. The number of fused-ring (bicyclic) bond motifs is 3. The van der Waals surface area contributed by atoms with Crippen LogP contribution in [0.15, 0.2) is 45.0 Å². The highest BCUT2D eigenvalue weighted by Gasteiger charge is 2.31. The Morgan fingerprint density at radius 3 is 2.54 bits per heavy atom. The predicted molar refractivity (Wildman–Crippen MR) is 110 cm³/mol. The second kappa shape index (κ2) is 7.10. The van der Waals surface area contributed by atoms with Gasteiger partial charge in [-0.3, -0.25) is 18.5 Å². The molecule has 0 saturated carbocycles. The first-order chi connectivity index (χ1) is 13.5. The van der Waals surface area contributed by atoms with Gasteiger partial charge in [0.15, 0.2) is 11.2 Å². The van der Waals surface area contributed by atoms with Gasteiger partial charge in [0.25, 0.3) is 5.56 Å². The van der Waals surface area contributed by atoms with Crippen LogP contribution in [0.1, 0.15) is 44.2 Å². The molecule has 4 rings (SSSR count). The minimum absolute atomic E-state index is 0.125. The zero-order chi connectivity index (χ0) is 19.8. The van der Waals surface area contributed by atoms with Crippen molar-refractivity contribution in [2.75, 3.05) is 5.43 Å². The summed E-state index contributed by atoms with van der Waals surface area (Å²) in [5, 5.41) is 4.59. The van der Waals surface area contributed by atoms with Gasteiger partial charge in [0.05, 0.1) is 11.8 Å². The Labute approximate surface area is 162 Å². The van der Waals surface area contributed by atoms with E-state index < -0.39 is 0 Å². The largest absolute Gasteiger partial charge is 0.332 e. The molecule has 1 aromatic carbocycles. The van der Waals surface area contributed by atoms with Crippen molar-refractivity contribution in [2.24, 2.45) is 19.2 Å². The van der Waals surface area contributed by atoms with Crippen LogP contribution in [0.2, 0.25) is 0 Å².